The van der Waals surface area contributed by atoms with E-state index in [-0.39, 0.29) is 18.7 Å². The molecular weight excluding hydrogens is 322 g/mol. The molecule has 0 unspecified atom stereocenters. The fraction of sp³-hybridized carbons (Fsp3) is 0.353. The van der Waals surface area contributed by atoms with Gasteiger partial charge in [-0.3, -0.25) is 9.89 Å². The number of nitrogens with two attached hydrogens (primary N) is 1. The summed E-state index contributed by atoms with van der Waals surface area (Å²) in [4.78, 5) is 22.8. The molecule has 1 atom stereocenters. The minimum absolute atomic E-state index is 0.0955. The second-order valence-electron chi connectivity index (χ2n) is 6.04. The first kappa shape index (κ1) is 16.8. The fourth-order valence-electron chi connectivity index (χ4n) is 2.85. The van der Waals surface area contributed by atoms with E-state index in [2.05, 4.69) is 20.8 Å². The maximum Gasteiger partial charge on any atom is 0.315 e. The first-order valence-corrected chi connectivity index (χ1v) is 8.15. The number of aromatic amines is 1. The summed E-state index contributed by atoms with van der Waals surface area (Å²) in [6.45, 7) is 0.191. The zero-order valence-corrected chi connectivity index (χ0v) is 13.7. The molecule has 0 bridgehead atoms. The number of nitrogens with one attached hydrogen (secondary N) is 3. The second-order valence-corrected chi connectivity index (χ2v) is 6.04. The minimum Gasteiger partial charge on any atom is -0.484 e. The van der Waals surface area contributed by atoms with Crippen molar-refractivity contribution in [2.45, 2.75) is 31.8 Å². The molecule has 3 amide bonds. The third-order valence-electron chi connectivity index (χ3n) is 4.09. The lowest BCUT2D eigenvalue weighted by Gasteiger charge is -2.23. The lowest BCUT2D eigenvalue weighted by atomic mass is 9.94. The van der Waals surface area contributed by atoms with E-state index in [1.807, 2.05) is 12.3 Å². The molecule has 1 aliphatic carbocycles. The zero-order chi connectivity index (χ0) is 17.6. The van der Waals surface area contributed by atoms with E-state index >= 15 is 0 Å². The number of amides is 3. The molecule has 0 saturated heterocycles. The van der Waals surface area contributed by atoms with Crippen LogP contribution in [0.25, 0.3) is 0 Å². The van der Waals surface area contributed by atoms with Crippen molar-refractivity contribution in [1.29, 1.82) is 0 Å². The summed E-state index contributed by atoms with van der Waals surface area (Å²) in [5.74, 6) is 0.00776. The van der Waals surface area contributed by atoms with Gasteiger partial charge < -0.3 is 21.1 Å². The summed E-state index contributed by atoms with van der Waals surface area (Å²) >= 11 is 0. The molecule has 0 aliphatic heterocycles. The molecule has 3 rings (SSSR count). The highest BCUT2D eigenvalue weighted by atomic mass is 16.5. The molecule has 132 valence electrons. The van der Waals surface area contributed by atoms with Gasteiger partial charge in [-0.25, -0.2) is 4.79 Å². The van der Waals surface area contributed by atoms with Crippen LogP contribution in [-0.2, 0) is 24.2 Å². The van der Waals surface area contributed by atoms with Gasteiger partial charge in [0.2, 0.25) is 0 Å². The number of hydrogen-bond acceptors (Lipinski definition) is 4. The lowest BCUT2D eigenvalue weighted by molar-refractivity contribution is -0.119. The van der Waals surface area contributed by atoms with E-state index in [4.69, 9.17) is 10.5 Å². The van der Waals surface area contributed by atoms with Crippen LogP contribution in [0.15, 0.2) is 30.5 Å². The second kappa shape index (κ2) is 7.69. The van der Waals surface area contributed by atoms with Crippen LogP contribution in [0.3, 0.4) is 0 Å². The Morgan fingerprint density at radius 2 is 2.28 bits per heavy atom. The third kappa shape index (κ3) is 4.72. The number of aryl methyl sites for hydroxylation is 1. The quantitative estimate of drug-likeness (QED) is 0.614. The normalized spacial score (nSPS) is 15.9. The number of hydrogen-bond donors (Lipinski definition) is 4. The maximum absolute atomic E-state index is 12.1. The first-order chi connectivity index (χ1) is 12.1. The van der Waals surface area contributed by atoms with Crippen molar-refractivity contribution < 1.29 is 14.3 Å². The Kier molecular flexibility index (Phi) is 5.17. The predicted molar refractivity (Wildman–Crippen MR) is 90.9 cm³/mol. The number of primary amides is 1. The average Bonchev–Trinajstić information content (AvgIpc) is 3.06. The number of rotatable bonds is 6. The SMILES string of the molecule is NC(=O)COc1cccc(CNC(=O)N[C@H]2CCc3cn[nH]c3C2)c1. The highest BCUT2D eigenvalue weighted by Gasteiger charge is 2.21. The van der Waals surface area contributed by atoms with Crippen molar-refractivity contribution in [2.75, 3.05) is 6.61 Å². The Labute approximate surface area is 145 Å². The van der Waals surface area contributed by atoms with Gasteiger partial charge in [-0.1, -0.05) is 12.1 Å². The van der Waals surface area contributed by atoms with Crippen LogP contribution in [0.2, 0.25) is 0 Å². The van der Waals surface area contributed by atoms with Gasteiger partial charge in [0.15, 0.2) is 6.61 Å². The number of H-pyrrole nitrogens is 1. The number of carbonyl (C=O) groups excluding carboxylic acids is 2. The highest BCUT2D eigenvalue weighted by molar-refractivity contribution is 5.75. The molecule has 8 heteroatoms. The average molecular weight is 343 g/mol. The van der Waals surface area contributed by atoms with Crippen molar-refractivity contribution in [1.82, 2.24) is 20.8 Å². The minimum atomic E-state index is -0.532. The number of benzene rings is 1. The van der Waals surface area contributed by atoms with E-state index in [0.717, 1.165) is 30.5 Å². The van der Waals surface area contributed by atoms with Gasteiger partial charge in [0.25, 0.3) is 5.91 Å². The van der Waals surface area contributed by atoms with Gasteiger partial charge in [-0.05, 0) is 36.1 Å². The molecule has 8 nitrogen and oxygen atoms in total. The van der Waals surface area contributed by atoms with Gasteiger partial charge in [0, 0.05) is 24.7 Å². The maximum atomic E-state index is 12.1. The van der Waals surface area contributed by atoms with E-state index in [9.17, 15) is 9.59 Å². The fourth-order valence-corrected chi connectivity index (χ4v) is 2.85. The standard InChI is InChI=1S/C17H21N5O3/c18-16(23)10-25-14-3-1-2-11(6-14)8-19-17(24)21-13-5-4-12-9-20-22-15(12)7-13/h1-3,6,9,13H,4-5,7-8,10H2,(H2,18,23)(H,20,22)(H2,19,21,24)/t13-/m0/s1. The van der Waals surface area contributed by atoms with E-state index in [1.165, 1.54) is 5.56 Å². The number of nitrogens with zero attached hydrogens (tertiary/aromatic N) is 1. The van der Waals surface area contributed by atoms with Crippen LogP contribution < -0.4 is 21.1 Å². The molecule has 1 aliphatic rings. The molecule has 0 spiro atoms. The van der Waals surface area contributed by atoms with Gasteiger partial charge in [-0.2, -0.15) is 5.10 Å². The summed E-state index contributed by atoms with van der Waals surface area (Å²) in [6.07, 6.45) is 4.42. The van der Waals surface area contributed by atoms with Crippen molar-refractivity contribution in [3.8, 4) is 5.75 Å². The predicted octanol–water partition coefficient (Wildman–Crippen LogP) is 0.630. The van der Waals surface area contributed by atoms with Crippen LogP contribution in [0.1, 0.15) is 23.2 Å². The number of ether oxygens (including phenoxy) is 1. The van der Waals surface area contributed by atoms with Gasteiger partial charge in [0.1, 0.15) is 5.75 Å². The molecule has 0 radical (unpaired) electrons. The number of carbonyl (C=O) groups is 2. The first-order valence-electron chi connectivity index (χ1n) is 8.15. The smallest absolute Gasteiger partial charge is 0.315 e. The largest absolute Gasteiger partial charge is 0.484 e. The van der Waals surface area contributed by atoms with E-state index < -0.39 is 5.91 Å². The van der Waals surface area contributed by atoms with Gasteiger partial charge in [0.05, 0.1) is 6.20 Å². The van der Waals surface area contributed by atoms with Crippen LogP contribution in [0.4, 0.5) is 4.79 Å². The Morgan fingerprint density at radius 3 is 3.12 bits per heavy atom. The topological polar surface area (TPSA) is 122 Å². The third-order valence-corrected chi connectivity index (χ3v) is 4.09. The van der Waals surface area contributed by atoms with Crippen LogP contribution in [0.5, 0.6) is 5.75 Å². The number of aromatic nitrogens is 2. The Bertz CT molecular complexity index is 758. The Hall–Kier alpha value is -3.03. The molecule has 0 saturated carbocycles. The monoisotopic (exact) mass is 343 g/mol. The van der Waals surface area contributed by atoms with Crippen LogP contribution in [-0.4, -0.2) is 34.8 Å². The van der Waals surface area contributed by atoms with E-state index in [0.29, 0.717) is 12.3 Å². The molecule has 5 N–H and O–H groups in total. The van der Waals surface area contributed by atoms with Crippen molar-refractivity contribution in [3.05, 3.63) is 47.3 Å². The van der Waals surface area contributed by atoms with Crippen molar-refractivity contribution in [3.63, 3.8) is 0 Å². The summed E-state index contributed by atoms with van der Waals surface area (Å²) in [5.41, 5.74) is 8.25. The molecule has 1 heterocycles. The van der Waals surface area contributed by atoms with Crippen molar-refractivity contribution in [2.24, 2.45) is 5.73 Å². The number of urea groups is 1. The summed E-state index contributed by atoms with van der Waals surface area (Å²) in [5, 5.41) is 12.8. The molecule has 0 fully saturated rings. The summed E-state index contributed by atoms with van der Waals surface area (Å²) < 4.78 is 5.25. The van der Waals surface area contributed by atoms with Gasteiger partial charge >= 0.3 is 6.03 Å². The Balaban J connectivity index is 1.46. The molecule has 1 aromatic carbocycles. The number of fused-ring (bicyclic) bond motifs is 1. The molecule has 1 aromatic heterocycles. The Morgan fingerprint density at radius 1 is 1.40 bits per heavy atom. The van der Waals surface area contributed by atoms with Gasteiger partial charge in [-0.15, -0.1) is 0 Å². The summed E-state index contributed by atoms with van der Waals surface area (Å²) in [7, 11) is 0. The van der Waals surface area contributed by atoms with Crippen molar-refractivity contribution >= 4 is 11.9 Å². The molecule has 25 heavy (non-hydrogen) atoms. The lowest BCUT2D eigenvalue weighted by Crippen LogP contribution is -2.44. The van der Waals surface area contributed by atoms with Crippen LogP contribution in [0, 0.1) is 0 Å². The molecular formula is C17H21N5O3. The molecule has 2 aromatic rings. The summed E-state index contributed by atoms with van der Waals surface area (Å²) in [6, 6.07) is 7.05. The zero-order valence-electron chi connectivity index (χ0n) is 13.7. The highest BCUT2D eigenvalue weighted by Crippen LogP contribution is 2.18. The van der Waals surface area contributed by atoms with E-state index in [1.54, 1.807) is 18.2 Å². The van der Waals surface area contributed by atoms with Crippen LogP contribution >= 0.6 is 0 Å².